The molecule has 100 valence electrons. The number of aryl methyl sites for hydroxylation is 1. The van der Waals surface area contributed by atoms with Crippen molar-refractivity contribution in [2.45, 2.75) is 26.3 Å². The zero-order chi connectivity index (χ0) is 13.4. The van der Waals surface area contributed by atoms with Gasteiger partial charge >= 0.3 is 0 Å². The molecule has 1 aromatic carbocycles. The Bertz CT molecular complexity index is 680. The van der Waals surface area contributed by atoms with E-state index in [1.54, 1.807) is 0 Å². The Balaban J connectivity index is 1.95. The summed E-state index contributed by atoms with van der Waals surface area (Å²) in [4.78, 5) is 17.3. The molecule has 1 aromatic heterocycles. The van der Waals surface area contributed by atoms with Crippen LogP contribution in [0.4, 0.5) is 0 Å². The Labute approximate surface area is 117 Å². The van der Waals surface area contributed by atoms with Crippen LogP contribution < -0.4 is 0 Å². The highest BCUT2D eigenvalue weighted by Crippen LogP contribution is 2.17. The molecular weight excluding hydrogens is 258 g/mol. The van der Waals surface area contributed by atoms with Gasteiger partial charge in [0.05, 0.1) is 11.0 Å². The fourth-order valence-electron chi connectivity index (χ4n) is 2.62. The summed E-state index contributed by atoms with van der Waals surface area (Å²) in [6.07, 6.45) is 2.23. The van der Waals surface area contributed by atoms with Crippen LogP contribution in [0.2, 0.25) is 0 Å². The van der Waals surface area contributed by atoms with Gasteiger partial charge in [0.25, 0.3) is 0 Å². The number of aromatic nitrogens is 2. The van der Waals surface area contributed by atoms with E-state index < -0.39 is 0 Å². The molecule has 5 heteroatoms. The predicted molar refractivity (Wildman–Crippen MR) is 77.7 cm³/mol. The maximum atomic E-state index is 12.2. The first-order valence-corrected chi connectivity index (χ1v) is 7.03. The average Bonchev–Trinajstić information content (AvgIpc) is 2.99. The number of hydrogen-bond donors (Lipinski definition) is 1. The zero-order valence-corrected chi connectivity index (χ0v) is 11.8. The minimum Gasteiger partial charge on any atom is -0.341 e. The molecule has 0 saturated carbocycles. The number of amides is 1. The van der Waals surface area contributed by atoms with Gasteiger partial charge in [-0.25, -0.2) is 0 Å². The lowest BCUT2D eigenvalue weighted by Gasteiger charge is -2.15. The SMILES string of the molecule is Cc1ccc2[nH]c(=S)n(CC(=O)N3CCCC3)c2c1. The normalized spacial score (nSPS) is 15.3. The topological polar surface area (TPSA) is 41.0 Å². The van der Waals surface area contributed by atoms with Gasteiger partial charge in [0.15, 0.2) is 4.77 Å². The standard InChI is InChI=1S/C14H17N3OS/c1-10-4-5-11-12(8-10)17(14(19)15-11)9-13(18)16-6-2-3-7-16/h4-5,8H,2-3,6-7,9H2,1H3,(H,15,19). The van der Waals surface area contributed by atoms with Gasteiger partial charge in [-0.1, -0.05) is 6.07 Å². The lowest BCUT2D eigenvalue weighted by molar-refractivity contribution is -0.130. The van der Waals surface area contributed by atoms with Crippen molar-refractivity contribution in [2.24, 2.45) is 0 Å². The maximum Gasteiger partial charge on any atom is 0.242 e. The third-order valence-corrected chi connectivity index (χ3v) is 4.01. The molecule has 1 aliphatic heterocycles. The molecule has 0 radical (unpaired) electrons. The van der Waals surface area contributed by atoms with Gasteiger partial charge in [0.2, 0.25) is 5.91 Å². The van der Waals surface area contributed by atoms with E-state index in [1.807, 2.05) is 28.5 Å². The quantitative estimate of drug-likeness (QED) is 0.856. The lowest BCUT2D eigenvalue weighted by Crippen LogP contribution is -2.31. The molecule has 19 heavy (non-hydrogen) atoms. The van der Waals surface area contributed by atoms with E-state index in [4.69, 9.17) is 12.2 Å². The number of fused-ring (bicyclic) bond motifs is 1. The summed E-state index contributed by atoms with van der Waals surface area (Å²) in [5.41, 5.74) is 3.17. The lowest BCUT2D eigenvalue weighted by atomic mass is 10.2. The Kier molecular flexibility index (Phi) is 3.14. The number of nitrogens with zero attached hydrogens (tertiary/aromatic N) is 2. The molecule has 4 nitrogen and oxygen atoms in total. The molecule has 2 heterocycles. The molecular formula is C14H17N3OS. The molecule has 0 bridgehead atoms. The molecule has 0 aliphatic carbocycles. The number of aromatic amines is 1. The van der Waals surface area contributed by atoms with Crippen LogP contribution in [0.15, 0.2) is 18.2 Å². The van der Waals surface area contributed by atoms with E-state index in [0.717, 1.165) is 37.0 Å². The van der Waals surface area contributed by atoms with Gasteiger partial charge in [0.1, 0.15) is 6.54 Å². The Hall–Kier alpha value is -1.62. The zero-order valence-electron chi connectivity index (χ0n) is 11.0. The van der Waals surface area contributed by atoms with Gasteiger partial charge < -0.3 is 14.5 Å². The Morgan fingerprint density at radius 2 is 2.11 bits per heavy atom. The van der Waals surface area contributed by atoms with E-state index in [-0.39, 0.29) is 5.91 Å². The van der Waals surface area contributed by atoms with Crippen LogP contribution in [0.25, 0.3) is 11.0 Å². The second kappa shape index (κ2) is 4.81. The molecule has 1 N–H and O–H groups in total. The van der Waals surface area contributed by atoms with Gasteiger partial charge in [-0.3, -0.25) is 4.79 Å². The number of carbonyl (C=O) groups excluding carboxylic acids is 1. The third-order valence-electron chi connectivity index (χ3n) is 3.68. The highest BCUT2D eigenvalue weighted by atomic mass is 32.1. The van der Waals surface area contributed by atoms with E-state index in [0.29, 0.717) is 11.3 Å². The fraction of sp³-hybridized carbons (Fsp3) is 0.429. The van der Waals surface area contributed by atoms with Gasteiger partial charge in [-0.15, -0.1) is 0 Å². The largest absolute Gasteiger partial charge is 0.341 e. The molecule has 1 amide bonds. The summed E-state index contributed by atoms with van der Waals surface area (Å²) in [6.45, 7) is 4.14. The molecule has 1 saturated heterocycles. The van der Waals surface area contributed by atoms with Crippen LogP contribution in [-0.4, -0.2) is 33.4 Å². The first kappa shape index (κ1) is 12.4. The number of carbonyl (C=O) groups is 1. The summed E-state index contributed by atoms with van der Waals surface area (Å²) in [7, 11) is 0. The number of likely N-dealkylation sites (tertiary alicyclic amines) is 1. The van der Waals surface area contributed by atoms with E-state index >= 15 is 0 Å². The first-order valence-electron chi connectivity index (χ1n) is 6.62. The minimum atomic E-state index is 0.163. The van der Waals surface area contributed by atoms with Crippen molar-refractivity contribution in [3.63, 3.8) is 0 Å². The van der Waals surface area contributed by atoms with Crippen molar-refractivity contribution in [2.75, 3.05) is 13.1 Å². The minimum absolute atomic E-state index is 0.163. The molecule has 3 rings (SSSR count). The third kappa shape index (κ3) is 2.30. The Morgan fingerprint density at radius 3 is 2.84 bits per heavy atom. The number of rotatable bonds is 2. The highest BCUT2D eigenvalue weighted by molar-refractivity contribution is 7.71. The van der Waals surface area contributed by atoms with E-state index in [1.165, 1.54) is 5.56 Å². The van der Waals surface area contributed by atoms with Crippen LogP contribution >= 0.6 is 12.2 Å². The van der Waals surface area contributed by atoms with Gasteiger partial charge in [0, 0.05) is 13.1 Å². The first-order chi connectivity index (χ1) is 9.15. The van der Waals surface area contributed by atoms with Crippen molar-refractivity contribution in [1.29, 1.82) is 0 Å². The monoisotopic (exact) mass is 275 g/mol. The highest BCUT2D eigenvalue weighted by Gasteiger charge is 2.19. The summed E-state index contributed by atoms with van der Waals surface area (Å²) >= 11 is 5.33. The van der Waals surface area contributed by atoms with Crippen molar-refractivity contribution in [3.8, 4) is 0 Å². The molecule has 2 aromatic rings. The van der Waals surface area contributed by atoms with Gasteiger partial charge in [-0.05, 0) is 49.7 Å². The van der Waals surface area contributed by atoms with Crippen LogP contribution in [0.5, 0.6) is 0 Å². The van der Waals surface area contributed by atoms with Crippen LogP contribution in [0.1, 0.15) is 18.4 Å². The second-order valence-corrected chi connectivity index (χ2v) is 5.51. The van der Waals surface area contributed by atoms with Gasteiger partial charge in [-0.2, -0.15) is 0 Å². The van der Waals surface area contributed by atoms with Crippen LogP contribution in [0, 0.1) is 11.7 Å². The number of benzene rings is 1. The fourth-order valence-corrected chi connectivity index (χ4v) is 2.89. The molecule has 0 unspecified atom stereocenters. The number of hydrogen-bond acceptors (Lipinski definition) is 2. The molecule has 0 spiro atoms. The molecule has 0 atom stereocenters. The van der Waals surface area contributed by atoms with Crippen molar-refractivity contribution in [1.82, 2.24) is 14.5 Å². The summed E-state index contributed by atoms with van der Waals surface area (Å²) < 4.78 is 2.52. The second-order valence-electron chi connectivity index (χ2n) is 5.12. The van der Waals surface area contributed by atoms with Crippen LogP contribution in [-0.2, 0) is 11.3 Å². The van der Waals surface area contributed by atoms with Crippen molar-refractivity contribution < 1.29 is 4.79 Å². The number of imidazole rings is 1. The van der Waals surface area contributed by atoms with E-state index in [2.05, 4.69) is 11.1 Å². The molecule has 1 fully saturated rings. The number of H-pyrrole nitrogens is 1. The molecule has 1 aliphatic rings. The average molecular weight is 275 g/mol. The summed E-state index contributed by atoms with van der Waals surface area (Å²) in [5.74, 6) is 0.163. The summed E-state index contributed by atoms with van der Waals surface area (Å²) in [5, 5.41) is 0. The smallest absolute Gasteiger partial charge is 0.242 e. The van der Waals surface area contributed by atoms with Crippen LogP contribution in [0.3, 0.4) is 0 Å². The Morgan fingerprint density at radius 1 is 1.37 bits per heavy atom. The maximum absolute atomic E-state index is 12.2. The van der Waals surface area contributed by atoms with Crippen molar-refractivity contribution >= 4 is 29.2 Å². The predicted octanol–water partition coefficient (Wildman–Crippen LogP) is 2.63. The number of nitrogens with one attached hydrogen (secondary N) is 1. The van der Waals surface area contributed by atoms with Crippen molar-refractivity contribution in [3.05, 3.63) is 28.5 Å². The summed E-state index contributed by atoms with van der Waals surface area (Å²) in [6, 6.07) is 6.12. The van der Waals surface area contributed by atoms with E-state index in [9.17, 15) is 4.79 Å².